The molecule has 0 saturated heterocycles. The van der Waals surface area contributed by atoms with Crippen LogP contribution in [0.4, 0.5) is 0 Å². The van der Waals surface area contributed by atoms with Gasteiger partial charge in [-0.2, -0.15) is 0 Å². The third kappa shape index (κ3) is 2.00. The van der Waals surface area contributed by atoms with Crippen LogP contribution in [-0.2, 0) is 4.79 Å². The van der Waals surface area contributed by atoms with E-state index in [0.29, 0.717) is 23.4 Å². The van der Waals surface area contributed by atoms with Crippen LogP contribution in [0.15, 0.2) is 36.2 Å². The van der Waals surface area contributed by atoms with Gasteiger partial charge in [0.2, 0.25) is 0 Å². The van der Waals surface area contributed by atoms with Crippen molar-refractivity contribution >= 4 is 11.5 Å². The van der Waals surface area contributed by atoms with Crippen molar-refractivity contribution in [3.05, 3.63) is 42.0 Å². The molecule has 0 saturated carbocycles. The van der Waals surface area contributed by atoms with Gasteiger partial charge in [0.25, 0.3) is 0 Å². The molecule has 0 bridgehead atoms. The first-order valence-electron chi connectivity index (χ1n) is 5.10. The highest BCUT2D eigenvalue weighted by Gasteiger charge is 2.21. The fourth-order valence-corrected chi connectivity index (χ4v) is 1.71. The number of aliphatic carboxylic acids is 1. The van der Waals surface area contributed by atoms with E-state index >= 15 is 0 Å². The fraction of sp³-hybridized carbons (Fsp3) is 0.250. The van der Waals surface area contributed by atoms with E-state index in [2.05, 4.69) is 9.97 Å². The topological polar surface area (TPSA) is 63.1 Å². The van der Waals surface area contributed by atoms with Crippen molar-refractivity contribution in [1.82, 2.24) is 9.97 Å². The maximum Gasteiger partial charge on any atom is 0.332 e. The van der Waals surface area contributed by atoms with E-state index < -0.39 is 5.97 Å². The van der Waals surface area contributed by atoms with Gasteiger partial charge in [-0.1, -0.05) is 19.1 Å². The molecule has 1 aliphatic rings. The molecule has 1 atom stereocenters. The molecule has 1 unspecified atom stereocenters. The average Bonchev–Trinajstić information content (AvgIpc) is 2.30. The number of nitrogens with zero attached hydrogens (tertiary/aromatic N) is 2. The number of rotatable bonds is 2. The smallest absolute Gasteiger partial charge is 0.332 e. The highest BCUT2D eigenvalue weighted by molar-refractivity contribution is 5.98. The Bertz CT molecular complexity index is 463. The molecule has 1 aromatic rings. The second-order valence-electron chi connectivity index (χ2n) is 3.81. The maximum absolute atomic E-state index is 11.1. The molecule has 1 heterocycles. The number of allylic oxidation sites excluding steroid dienone is 3. The standard InChI is InChI=1S/C12H12N2O2/c1-8-3-4-9(10(7-8)12(15)16)11-13-5-2-6-14-11/h2-6,8H,7H2,1H3,(H,15,16). The van der Waals surface area contributed by atoms with E-state index in [9.17, 15) is 4.79 Å². The molecule has 0 fully saturated rings. The Morgan fingerprint density at radius 2 is 2.12 bits per heavy atom. The van der Waals surface area contributed by atoms with E-state index in [1.807, 2.05) is 13.0 Å². The highest BCUT2D eigenvalue weighted by atomic mass is 16.4. The minimum Gasteiger partial charge on any atom is -0.478 e. The van der Waals surface area contributed by atoms with E-state index in [1.165, 1.54) is 0 Å². The summed E-state index contributed by atoms with van der Waals surface area (Å²) >= 11 is 0. The summed E-state index contributed by atoms with van der Waals surface area (Å²) in [5.74, 6) is -0.166. The molecule has 4 nitrogen and oxygen atoms in total. The van der Waals surface area contributed by atoms with E-state index in [-0.39, 0.29) is 5.92 Å². The van der Waals surface area contributed by atoms with Gasteiger partial charge in [0, 0.05) is 23.5 Å². The van der Waals surface area contributed by atoms with Crippen LogP contribution in [0.1, 0.15) is 19.2 Å². The van der Waals surface area contributed by atoms with E-state index in [1.54, 1.807) is 24.5 Å². The lowest BCUT2D eigenvalue weighted by Crippen LogP contribution is -2.11. The first kappa shape index (κ1) is 10.5. The summed E-state index contributed by atoms with van der Waals surface area (Å²) in [6.45, 7) is 1.99. The van der Waals surface area contributed by atoms with E-state index in [0.717, 1.165) is 0 Å². The molecular weight excluding hydrogens is 204 g/mol. The number of carbonyl (C=O) groups is 1. The second-order valence-corrected chi connectivity index (χ2v) is 3.81. The van der Waals surface area contributed by atoms with Crippen LogP contribution in [0.3, 0.4) is 0 Å². The molecule has 0 aromatic carbocycles. The van der Waals surface area contributed by atoms with Gasteiger partial charge in [0.05, 0.1) is 0 Å². The molecule has 82 valence electrons. The Labute approximate surface area is 93.4 Å². The Hall–Kier alpha value is -1.97. The lowest BCUT2D eigenvalue weighted by molar-refractivity contribution is -0.132. The number of hydrogen-bond acceptors (Lipinski definition) is 3. The third-order valence-corrected chi connectivity index (χ3v) is 2.51. The zero-order chi connectivity index (χ0) is 11.5. The van der Waals surface area contributed by atoms with Crippen molar-refractivity contribution in [1.29, 1.82) is 0 Å². The largest absolute Gasteiger partial charge is 0.478 e. The van der Waals surface area contributed by atoms with Gasteiger partial charge >= 0.3 is 5.97 Å². The third-order valence-electron chi connectivity index (χ3n) is 2.51. The van der Waals surface area contributed by atoms with Crippen molar-refractivity contribution in [2.75, 3.05) is 0 Å². The molecule has 16 heavy (non-hydrogen) atoms. The SMILES string of the molecule is CC1C=CC(c2ncccn2)=C(C(=O)O)C1. The molecule has 0 aliphatic heterocycles. The molecule has 1 aromatic heterocycles. The molecule has 0 spiro atoms. The van der Waals surface area contributed by atoms with Gasteiger partial charge in [-0.3, -0.25) is 0 Å². The normalized spacial score (nSPS) is 19.9. The monoisotopic (exact) mass is 216 g/mol. The number of hydrogen-bond donors (Lipinski definition) is 1. The summed E-state index contributed by atoms with van der Waals surface area (Å²) in [6, 6.07) is 1.71. The summed E-state index contributed by atoms with van der Waals surface area (Å²) < 4.78 is 0. The second kappa shape index (κ2) is 4.26. The van der Waals surface area contributed by atoms with Crippen LogP contribution in [-0.4, -0.2) is 21.0 Å². The van der Waals surface area contributed by atoms with Crippen LogP contribution >= 0.6 is 0 Å². The van der Waals surface area contributed by atoms with Crippen molar-refractivity contribution in [3.63, 3.8) is 0 Å². The van der Waals surface area contributed by atoms with E-state index in [4.69, 9.17) is 5.11 Å². The molecule has 0 amide bonds. The van der Waals surface area contributed by atoms with Gasteiger partial charge in [-0.25, -0.2) is 14.8 Å². The number of carboxylic acids is 1. The lowest BCUT2D eigenvalue weighted by Gasteiger charge is -2.15. The fourth-order valence-electron chi connectivity index (χ4n) is 1.71. The predicted octanol–water partition coefficient (Wildman–Crippen LogP) is 1.91. The van der Waals surface area contributed by atoms with Crippen molar-refractivity contribution in [3.8, 4) is 0 Å². The van der Waals surface area contributed by atoms with Gasteiger partial charge < -0.3 is 5.11 Å². The van der Waals surface area contributed by atoms with Crippen molar-refractivity contribution in [2.24, 2.45) is 5.92 Å². The summed E-state index contributed by atoms with van der Waals surface area (Å²) in [5, 5.41) is 9.14. The zero-order valence-corrected chi connectivity index (χ0v) is 8.92. The Morgan fingerprint density at radius 3 is 2.75 bits per heavy atom. The van der Waals surface area contributed by atoms with Crippen LogP contribution in [0, 0.1) is 5.92 Å². The van der Waals surface area contributed by atoms with Crippen LogP contribution in [0.2, 0.25) is 0 Å². The number of aromatic nitrogens is 2. The molecule has 1 aliphatic carbocycles. The summed E-state index contributed by atoms with van der Waals surface area (Å²) in [4.78, 5) is 19.3. The van der Waals surface area contributed by atoms with Gasteiger partial charge in [0.15, 0.2) is 5.82 Å². The predicted molar refractivity (Wildman–Crippen MR) is 59.5 cm³/mol. The Kier molecular flexibility index (Phi) is 2.81. The van der Waals surface area contributed by atoms with Gasteiger partial charge in [-0.15, -0.1) is 0 Å². The number of carboxylic acid groups (broad SMARTS) is 1. The summed E-state index contributed by atoms with van der Waals surface area (Å²) in [5.41, 5.74) is 1.01. The Balaban J connectivity index is 2.48. The Morgan fingerprint density at radius 1 is 1.44 bits per heavy atom. The van der Waals surface area contributed by atoms with Crippen LogP contribution in [0.25, 0.3) is 5.57 Å². The maximum atomic E-state index is 11.1. The minimum absolute atomic E-state index is 0.249. The first-order valence-corrected chi connectivity index (χ1v) is 5.10. The average molecular weight is 216 g/mol. The van der Waals surface area contributed by atoms with Gasteiger partial charge in [-0.05, 0) is 18.4 Å². The van der Waals surface area contributed by atoms with Crippen molar-refractivity contribution in [2.45, 2.75) is 13.3 Å². The van der Waals surface area contributed by atoms with Gasteiger partial charge in [0.1, 0.15) is 0 Å². The quantitative estimate of drug-likeness (QED) is 0.820. The molecular formula is C12H12N2O2. The lowest BCUT2D eigenvalue weighted by atomic mass is 9.90. The molecule has 1 N–H and O–H groups in total. The molecule has 4 heteroatoms. The van der Waals surface area contributed by atoms with Crippen LogP contribution < -0.4 is 0 Å². The van der Waals surface area contributed by atoms with Crippen molar-refractivity contribution < 1.29 is 9.90 Å². The molecule has 0 radical (unpaired) electrons. The zero-order valence-electron chi connectivity index (χ0n) is 8.92. The van der Waals surface area contributed by atoms with Crippen LogP contribution in [0.5, 0.6) is 0 Å². The summed E-state index contributed by atoms with van der Waals surface area (Å²) in [6.07, 6.45) is 7.53. The minimum atomic E-state index is -0.890. The first-order chi connectivity index (χ1) is 7.68. The highest BCUT2D eigenvalue weighted by Crippen LogP contribution is 2.28. The summed E-state index contributed by atoms with van der Waals surface area (Å²) in [7, 11) is 0. The molecule has 2 rings (SSSR count).